The van der Waals surface area contributed by atoms with Crippen LogP contribution in [0.4, 0.5) is 5.69 Å². The van der Waals surface area contributed by atoms with Gasteiger partial charge in [-0.3, -0.25) is 4.79 Å². The van der Waals surface area contributed by atoms with Crippen LogP contribution in [0.5, 0.6) is 5.75 Å². The van der Waals surface area contributed by atoms with Gasteiger partial charge in [-0.25, -0.2) is 0 Å². The summed E-state index contributed by atoms with van der Waals surface area (Å²) >= 11 is 0. The van der Waals surface area contributed by atoms with Crippen LogP contribution < -0.4 is 10.5 Å². The second-order valence-electron chi connectivity index (χ2n) is 6.01. The Hall–Kier alpha value is -2.49. The zero-order valence-electron chi connectivity index (χ0n) is 13.6. The fraction of sp³-hybridized carbons (Fsp3) is 0.316. The highest BCUT2D eigenvalue weighted by atomic mass is 16.5. The summed E-state index contributed by atoms with van der Waals surface area (Å²) in [6.45, 7) is 0. The van der Waals surface area contributed by atoms with Gasteiger partial charge < -0.3 is 15.4 Å². The first kappa shape index (κ1) is 15.4. The van der Waals surface area contributed by atoms with E-state index >= 15 is 0 Å². The van der Waals surface area contributed by atoms with Crippen LogP contribution in [0.15, 0.2) is 42.5 Å². The number of hydrogen-bond donors (Lipinski definition) is 1. The van der Waals surface area contributed by atoms with Crippen LogP contribution in [0.1, 0.15) is 40.4 Å². The Labute approximate surface area is 136 Å². The van der Waals surface area contributed by atoms with Gasteiger partial charge >= 0.3 is 0 Å². The smallest absolute Gasteiger partial charge is 0.254 e. The van der Waals surface area contributed by atoms with Gasteiger partial charge in [0.15, 0.2) is 0 Å². The van der Waals surface area contributed by atoms with Crippen molar-refractivity contribution in [2.75, 3.05) is 19.9 Å². The number of fused-ring (bicyclic) bond motifs is 1. The number of nitrogens with two attached hydrogens (primary N) is 1. The van der Waals surface area contributed by atoms with Gasteiger partial charge in [0, 0.05) is 18.3 Å². The first-order valence-corrected chi connectivity index (χ1v) is 7.89. The molecule has 4 heteroatoms. The summed E-state index contributed by atoms with van der Waals surface area (Å²) in [5, 5.41) is 0. The van der Waals surface area contributed by atoms with Gasteiger partial charge in [-0.2, -0.15) is 0 Å². The summed E-state index contributed by atoms with van der Waals surface area (Å²) in [6, 6.07) is 13.4. The summed E-state index contributed by atoms with van der Waals surface area (Å²) < 4.78 is 5.15. The van der Waals surface area contributed by atoms with E-state index in [2.05, 4.69) is 6.07 Å². The molecule has 1 aliphatic carbocycles. The number of carbonyl (C=O) groups is 1. The molecule has 120 valence electrons. The van der Waals surface area contributed by atoms with Crippen LogP contribution in [-0.4, -0.2) is 25.0 Å². The molecule has 1 unspecified atom stereocenters. The number of carbonyl (C=O) groups excluding carboxylic acids is 1. The maximum Gasteiger partial charge on any atom is 0.254 e. The molecular weight excluding hydrogens is 288 g/mol. The number of hydrogen-bond acceptors (Lipinski definition) is 3. The van der Waals surface area contributed by atoms with Crippen molar-refractivity contribution in [1.82, 2.24) is 4.90 Å². The maximum absolute atomic E-state index is 12.8. The Morgan fingerprint density at radius 3 is 2.65 bits per heavy atom. The van der Waals surface area contributed by atoms with Gasteiger partial charge in [0.05, 0.1) is 13.2 Å². The minimum absolute atomic E-state index is 0.0212. The Morgan fingerprint density at radius 2 is 1.96 bits per heavy atom. The number of amides is 1. The molecule has 0 fully saturated rings. The van der Waals surface area contributed by atoms with Crippen LogP contribution in [0.25, 0.3) is 0 Å². The van der Waals surface area contributed by atoms with Crippen molar-refractivity contribution in [2.45, 2.75) is 25.3 Å². The van der Waals surface area contributed by atoms with Gasteiger partial charge in [-0.15, -0.1) is 0 Å². The van der Waals surface area contributed by atoms with Crippen LogP contribution in [0.2, 0.25) is 0 Å². The molecule has 0 radical (unpaired) electrons. The summed E-state index contributed by atoms with van der Waals surface area (Å²) in [6.07, 6.45) is 3.10. The molecule has 23 heavy (non-hydrogen) atoms. The molecule has 2 aromatic carbocycles. The van der Waals surface area contributed by atoms with Crippen molar-refractivity contribution in [2.24, 2.45) is 0 Å². The van der Waals surface area contributed by atoms with E-state index in [9.17, 15) is 4.79 Å². The molecule has 1 aliphatic rings. The third-order valence-electron chi connectivity index (χ3n) is 4.58. The van der Waals surface area contributed by atoms with Gasteiger partial charge in [0.2, 0.25) is 0 Å². The zero-order chi connectivity index (χ0) is 16.4. The van der Waals surface area contributed by atoms with Crippen molar-refractivity contribution < 1.29 is 9.53 Å². The highest BCUT2D eigenvalue weighted by molar-refractivity contribution is 5.94. The summed E-state index contributed by atoms with van der Waals surface area (Å²) in [7, 11) is 3.49. The average Bonchev–Trinajstić information content (AvgIpc) is 2.60. The molecule has 0 aromatic heterocycles. The normalized spacial score (nSPS) is 16.5. The number of anilines is 1. The highest BCUT2D eigenvalue weighted by Crippen LogP contribution is 2.35. The minimum atomic E-state index is 0.0212. The summed E-state index contributed by atoms with van der Waals surface area (Å²) in [5.41, 5.74) is 9.84. The molecule has 3 rings (SSSR count). The number of nitrogen functional groups attached to an aromatic ring is 1. The summed E-state index contributed by atoms with van der Waals surface area (Å²) in [5.74, 6) is 0.771. The first-order chi connectivity index (χ1) is 11.1. The second-order valence-corrected chi connectivity index (χ2v) is 6.01. The van der Waals surface area contributed by atoms with Crippen molar-refractivity contribution in [3.8, 4) is 5.75 Å². The SMILES string of the molecule is COc1ccc(C(=O)N(C)C2CCCc3ccc(N)cc32)cc1. The van der Waals surface area contributed by atoms with Crippen LogP contribution in [0.3, 0.4) is 0 Å². The lowest BCUT2D eigenvalue weighted by Crippen LogP contribution is -2.33. The van der Waals surface area contributed by atoms with Gasteiger partial charge in [0.25, 0.3) is 5.91 Å². The van der Waals surface area contributed by atoms with E-state index in [0.29, 0.717) is 5.56 Å². The first-order valence-electron chi connectivity index (χ1n) is 7.89. The molecular formula is C19H22N2O2. The monoisotopic (exact) mass is 310 g/mol. The van der Waals surface area contributed by atoms with E-state index in [1.165, 1.54) is 11.1 Å². The highest BCUT2D eigenvalue weighted by Gasteiger charge is 2.27. The van der Waals surface area contributed by atoms with E-state index in [-0.39, 0.29) is 11.9 Å². The van der Waals surface area contributed by atoms with Crippen LogP contribution in [-0.2, 0) is 6.42 Å². The van der Waals surface area contributed by atoms with Crippen LogP contribution >= 0.6 is 0 Å². The Kier molecular flexibility index (Phi) is 4.24. The molecule has 0 spiro atoms. The van der Waals surface area contributed by atoms with Crippen molar-refractivity contribution in [1.29, 1.82) is 0 Å². The molecule has 2 N–H and O–H groups in total. The molecule has 0 saturated heterocycles. The maximum atomic E-state index is 12.8. The zero-order valence-corrected chi connectivity index (χ0v) is 13.6. The molecule has 1 amide bonds. The van der Waals surface area contributed by atoms with Crippen LogP contribution in [0, 0.1) is 0 Å². The molecule has 0 bridgehead atoms. The molecule has 0 saturated carbocycles. The van der Waals surface area contributed by atoms with E-state index < -0.39 is 0 Å². The van der Waals surface area contributed by atoms with E-state index in [0.717, 1.165) is 30.7 Å². The van der Waals surface area contributed by atoms with E-state index in [1.54, 1.807) is 19.2 Å². The molecule has 0 heterocycles. The quantitative estimate of drug-likeness (QED) is 0.884. The number of benzene rings is 2. The van der Waals surface area contributed by atoms with Crippen molar-refractivity contribution in [3.05, 3.63) is 59.2 Å². The minimum Gasteiger partial charge on any atom is -0.497 e. The summed E-state index contributed by atoms with van der Waals surface area (Å²) in [4.78, 5) is 14.6. The van der Waals surface area contributed by atoms with E-state index in [1.807, 2.05) is 36.2 Å². The predicted octanol–water partition coefficient (Wildman–Crippen LogP) is 3.43. The molecule has 4 nitrogen and oxygen atoms in total. The number of rotatable bonds is 3. The fourth-order valence-corrected chi connectivity index (χ4v) is 3.27. The molecule has 2 aromatic rings. The van der Waals surface area contributed by atoms with Crippen molar-refractivity contribution in [3.63, 3.8) is 0 Å². The van der Waals surface area contributed by atoms with Gasteiger partial charge in [0.1, 0.15) is 5.75 Å². The fourth-order valence-electron chi connectivity index (χ4n) is 3.27. The number of nitrogens with zero attached hydrogens (tertiary/aromatic N) is 1. The predicted molar refractivity (Wildman–Crippen MR) is 91.6 cm³/mol. The molecule has 0 aliphatic heterocycles. The van der Waals surface area contributed by atoms with Gasteiger partial charge in [-0.1, -0.05) is 6.07 Å². The lowest BCUT2D eigenvalue weighted by Gasteiger charge is -2.33. The Morgan fingerprint density at radius 1 is 1.22 bits per heavy atom. The number of aryl methyl sites for hydroxylation is 1. The topological polar surface area (TPSA) is 55.6 Å². The Bertz CT molecular complexity index is 710. The number of ether oxygens (including phenoxy) is 1. The number of methoxy groups -OCH3 is 1. The lowest BCUT2D eigenvalue weighted by molar-refractivity contribution is 0.0715. The second kappa shape index (κ2) is 6.32. The van der Waals surface area contributed by atoms with E-state index in [4.69, 9.17) is 10.5 Å². The Balaban J connectivity index is 1.87. The lowest BCUT2D eigenvalue weighted by atomic mass is 9.86. The van der Waals surface area contributed by atoms with Gasteiger partial charge in [-0.05, 0) is 66.8 Å². The largest absolute Gasteiger partial charge is 0.497 e. The average molecular weight is 310 g/mol. The standard InChI is InChI=1S/C19H22N2O2/c1-21(19(22)14-7-10-16(23-2)11-8-14)18-5-3-4-13-6-9-15(20)12-17(13)18/h6-12,18H,3-5,20H2,1-2H3. The third kappa shape index (κ3) is 3.02. The van der Waals surface area contributed by atoms with Crippen molar-refractivity contribution >= 4 is 11.6 Å². The third-order valence-corrected chi connectivity index (χ3v) is 4.58. The molecule has 1 atom stereocenters.